The zero-order valence-electron chi connectivity index (χ0n) is 16.6. The van der Waals surface area contributed by atoms with Crippen molar-refractivity contribution in [3.05, 3.63) is 42.6 Å². The number of anilines is 2. The number of carbonyl (C=O) groups is 3. The first-order chi connectivity index (χ1) is 15.0. The highest BCUT2D eigenvalue weighted by Gasteiger charge is 2.09. The van der Waals surface area contributed by atoms with E-state index >= 15 is 0 Å². The molecule has 3 aromatic rings. The van der Waals surface area contributed by atoms with Gasteiger partial charge in [0.25, 0.3) is 0 Å². The fourth-order valence-corrected chi connectivity index (χ4v) is 5.02. The monoisotopic (exact) mass is 476 g/mol. The van der Waals surface area contributed by atoms with Crippen molar-refractivity contribution < 1.29 is 19.1 Å². The van der Waals surface area contributed by atoms with Crippen LogP contribution in [0.5, 0.6) is 0 Å². The van der Waals surface area contributed by atoms with Crippen molar-refractivity contribution in [2.45, 2.75) is 11.3 Å². The van der Waals surface area contributed by atoms with Crippen LogP contribution in [0.1, 0.15) is 6.92 Å². The fourth-order valence-electron chi connectivity index (χ4n) is 2.41. The lowest BCUT2D eigenvalue weighted by atomic mass is 10.3. The quantitative estimate of drug-likeness (QED) is 0.259. The number of nitrogens with zero attached hydrogens (tertiary/aromatic N) is 2. The van der Waals surface area contributed by atoms with Gasteiger partial charge in [-0.2, -0.15) is 0 Å². The molecule has 2 aromatic heterocycles. The molecule has 162 valence electrons. The molecule has 3 rings (SSSR count). The Kier molecular flexibility index (Phi) is 8.68. The molecule has 0 bridgehead atoms. The Balaban J connectivity index is 1.43. The van der Waals surface area contributed by atoms with Crippen molar-refractivity contribution in [3.8, 4) is 0 Å². The van der Waals surface area contributed by atoms with Crippen molar-refractivity contribution >= 4 is 74.4 Å². The predicted octanol–water partition coefficient (Wildman–Crippen LogP) is 3.66. The molecule has 0 radical (unpaired) electrons. The van der Waals surface area contributed by atoms with E-state index in [9.17, 15) is 14.4 Å². The van der Waals surface area contributed by atoms with E-state index in [0.717, 1.165) is 14.6 Å². The normalized spacial score (nSPS) is 10.6. The van der Waals surface area contributed by atoms with Crippen molar-refractivity contribution in [2.24, 2.45) is 0 Å². The first-order valence-electron chi connectivity index (χ1n) is 9.25. The molecule has 0 aliphatic rings. The minimum Gasteiger partial charge on any atom is -0.465 e. The van der Waals surface area contributed by atoms with Gasteiger partial charge in [0, 0.05) is 24.6 Å². The van der Waals surface area contributed by atoms with Gasteiger partial charge in [-0.25, -0.2) is 9.97 Å². The van der Waals surface area contributed by atoms with E-state index in [0.29, 0.717) is 23.9 Å². The molecular formula is C20H20N4O4S3. The Morgan fingerprint density at radius 1 is 1.10 bits per heavy atom. The Hall–Kier alpha value is -2.63. The maximum absolute atomic E-state index is 12.2. The lowest BCUT2D eigenvalue weighted by molar-refractivity contribution is -0.140. The van der Waals surface area contributed by atoms with E-state index in [4.69, 9.17) is 4.74 Å². The number of fused-ring (bicyclic) bond motifs is 1. The summed E-state index contributed by atoms with van der Waals surface area (Å²) in [6.07, 6.45) is 1.60. The molecule has 8 nitrogen and oxygen atoms in total. The Labute approximate surface area is 191 Å². The average Bonchev–Trinajstić information content (AvgIpc) is 3.14. The molecule has 11 heteroatoms. The third-order valence-electron chi connectivity index (χ3n) is 3.67. The maximum Gasteiger partial charge on any atom is 0.302 e. The summed E-state index contributed by atoms with van der Waals surface area (Å²) in [6.45, 7) is 1.72. The number of benzene rings is 1. The lowest BCUT2D eigenvalue weighted by Gasteiger charge is -2.06. The first kappa shape index (κ1) is 23.0. The summed E-state index contributed by atoms with van der Waals surface area (Å²) < 4.78 is 6.75. The molecule has 0 unspecified atom stereocenters. The van der Waals surface area contributed by atoms with Crippen LogP contribution in [0.4, 0.5) is 11.5 Å². The zero-order chi connectivity index (χ0) is 22.1. The number of pyridine rings is 1. The minimum atomic E-state index is -0.294. The van der Waals surface area contributed by atoms with Crippen molar-refractivity contribution in [1.29, 1.82) is 0 Å². The Bertz CT molecular complexity index is 1060. The summed E-state index contributed by atoms with van der Waals surface area (Å²) in [7, 11) is 0. The van der Waals surface area contributed by atoms with Crippen LogP contribution >= 0.6 is 34.9 Å². The zero-order valence-corrected chi connectivity index (χ0v) is 19.1. The van der Waals surface area contributed by atoms with Gasteiger partial charge in [0.15, 0.2) is 4.34 Å². The number of rotatable bonds is 10. The van der Waals surface area contributed by atoms with E-state index in [1.807, 2.05) is 12.1 Å². The molecule has 2 amide bonds. The third kappa shape index (κ3) is 7.85. The van der Waals surface area contributed by atoms with E-state index in [2.05, 4.69) is 20.6 Å². The molecule has 2 N–H and O–H groups in total. The van der Waals surface area contributed by atoms with Crippen LogP contribution in [0.15, 0.2) is 46.9 Å². The van der Waals surface area contributed by atoms with Crippen LogP contribution in [-0.4, -0.2) is 51.6 Å². The summed E-state index contributed by atoms with van der Waals surface area (Å²) in [5.41, 5.74) is 1.52. The minimum absolute atomic E-state index is 0.159. The van der Waals surface area contributed by atoms with Crippen molar-refractivity contribution in [1.82, 2.24) is 9.97 Å². The van der Waals surface area contributed by atoms with Crippen molar-refractivity contribution in [3.63, 3.8) is 0 Å². The number of thiazole rings is 1. The van der Waals surface area contributed by atoms with E-state index < -0.39 is 0 Å². The molecule has 0 aliphatic heterocycles. The second kappa shape index (κ2) is 11.7. The molecule has 0 fully saturated rings. The van der Waals surface area contributed by atoms with Gasteiger partial charge in [0.05, 0.1) is 21.7 Å². The number of hydrogen-bond donors (Lipinski definition) is 2. The lowest BCUT2D eigenvalue weighted by Crippen LogP contribution is -2.18. The smallest absolute Gasteiger partial charge is 0.302 e. The van der Waals surface area contributed by atoms with Gasteiger partial charge in [0.1, 0.15) is 12.4 Å². The Morgan fingerprint density at radius 3 is 2.65 bits per heavy atom. The van der Waals surface area contributed by atoms with Crippen LogP contribution in [0.3, 0.4) is 0 Å². The topological polar surface area (TPSA) is 110 Å². The summed E-state index contributed by atoms with van der Waals surface area (Å²) in [6, 6.07) is 10.8. The van der Waals surface area contributed by atoms with Crippen LogP contribution in [-0.2, 0) is 19.1 Å². The molecule has 0 aliphatic carbocycles. The number of amides is 2. The maximum atomic E-state index is 12.2. The number of carbonyl (C=O) groups excluding carboxylic acids is 3. The Morgan fingerprint density at radius 2 is 1.90 bits per heavy atom. The van der Waals surface area contributed by atoms with Crippen LogP contribution in [0.2, 0.25) is 0 Å². The highest BCUT2D eigenvalue weighted by Crippen LogP contribution is 2.31. The van der Waals surface area contributed by atoms with E-state index in [-0.39, 0.29) is 29.3 Å². The average molecular weight is 477 g/mol. The molecule has 2 heterocycles. The molecule has 0 saturated heterocycles. The predicted molar refractivity (Wildman–Crippen MR) is 126 cm³/mol. The van der Waals surface area contributed by atoms with Gasteiger partial charge in [-0.05, 0) is 30.3 Å². The summed E-state index contributed by atoms with van der Waals surface area (Å²) in [5, 5.41) is 5.52. The van der Waals surface area contributed by atoms with Crippen molar-refractivity contribution in [2.75, 3.05) is 34.5 Å². The second-order valence-electron chi connectivity index (χ2n) is 6.15. The summed E-state index contributed by atoms with van der Waals surface area (Å²) in [5.74, 6) is 0.751. The number of esters is 1. The molecular weight excluding hydrogens is 456 g/mol. The van der Waals surface area contributed by atoms with Gasteiger partial charge in [-0.3, -0.25) is 14.4 Å². The molecule has 0 spiro atoms. The van der Waals surface area contributed by atoms with Crippen LogP contribution in [0, 0.1) is 0 Å². The highest BCUT2D eigenvalue weighted by molar-refractivity contribution is 8.01. The third-order valence-corrected chi connectivity index (χ3v) is 6.72. The summed E-state index contributed by atoms with van der Waals surface area (Å²) >= 11 is 4.26. The number of hydrogen-bond acceptors (Lipinski definition) is 9. The standard InChI is InChI=1S/C20H20N4O4S3/c1-13(25)28-8-9-30-20-23-15-6-5-14(10-16(15)31-20)22-18(26)11-29-12-19(27)24-17-4-2-3-7-21-17/h2-7,10H,8-9,11-12H2,1H3,(H,22,26)(H,21,24,27). The molecule has 1 aromatic carbocycles. The highest BCUT2D eigenvalue weighted by atomic mass is 32.2. The van der Waals surface area contributed by atoms with Gasteiger partial charge < -0.3 is 15.4 Å². The number of thioether (sulfide) groups is 2. The number of nitrogens with one attached hydrogen (secondary N) is 2. The number of aromatic nitrogens is 2. The van der Waals surface area contributed by atoms with Crippen LogP contribution < -0.4 is 10.6 Å². The first-order valence-corrected chi connectivity index (χ1v) is 12.2. The van der Waals surface area contributed by atoms with Gasteiger partial charge in [-0.15, -0.1) is 23.1 Å². The second-order valence-corrected chi connectivity index (χ2v) is 9.51. The fraction of sp³-hybridized carbons (Fsp3) is 0.250. The van der Waals surface area contributed by atoms with E-state index in [1.165, 1.54) is 41.8 Å². The molecule has 0 atom stereocenters. The largest absolute Gasteiger partial charge is 0.465 e. The van der Waals surface area contributed by atoms with Crippen LogP contribution in [0.25, 0.3) is 10.2 Å². The molecule has 31 heavy (non-hydrogen) atoms. The van der Waals surface area contributed by atoms with Gasteiger partial charge in [0.2, 0.25) is 11.8 Å². The van der Waals surface area contributed by atoms with Gasteiger partial charge >= 0.3 is 5.97 Å². The summed E-state index contributed by atoms with van der Waals surface area (Å²) in [4.78, 5) is 43.4. The molecule has 0 saturated carbocycles. The van der Waals surface area contributed by atoms with E-state index in [1.54, 1.807) is 30.5 Å². The van der Waals surface area contributed by atoms with Gasteiger partial charge in [-0.1, -0.05) is 17.8 Å². The SMILES string of the molecule is CC(=O)OCCSc1nc2ccc(NC(=O)CSCC(=O)Nc3ccccn3)cc2s1. The number of ether oxygens (including phenoxy) is 1.